The second-order valence-electron chi connectivity index (χ2n) is 9.90. The molecule has 0 radical (unpaired) electrons. The first-order valence-electron chi connectivity index (χ1n) is 10.9. The van der Waals surface area contributed by atoms with E-state index in [2.05, 4.69) is 4.98 Å². The Morgan fingerprint density at radius 3 is 2.65 bits per heavy atom. The number of fused-ring (bicyclic) bond motifs is 2. The molecule has 2 unspecified atom stereocenters. The van der Waals surface area contributed by atoms with Crippen LogP contribution in [0, 0.1) is 11.2 Å². The first-order chi connectivity index (χ1) is 15.8. The Morgan fingerprint density at radius 1 is 1.21 bits per heavy atom. The fourth-order valence-corrected chi connectivity index (χ4v) is 4.92. The van der Waals surface area contributed by atoms with Crippen LogP contribution in [0.3, 0.4) is 0 Å². The Balaban J connectivity index is 1.78. The van der Waals surface area contributed by atoms with E-state index in [9.17, 15) is 27.5 Å². The van der Waals surface area contributed by atoms with Crippen molar-refractivity contribution >= 4 is 11.0 Å². The number of benzene rings is 1. The summed E-state index contributed by atoms with van der Waals surface area (Å²) >= 11 is 0. The van der Waals surface area contributed by atoms with Gasteiger partial charge in [-0.15, -0.1) is 0 Å². The molecule has 0 aliphatic carbocycles. The third-order valence-corrected chi connectivity index (χ3v) is 7.24. The van der Waals surface area contributed by atoms with Crippen molar-refractivity contribution in [2.75, 3.05) is 6.61 Å². The third-order valence-electron chi connectivity index (χ3n) is 7.24. The molecule has 34 heavy (non-hydrogen) atoms. The van der Waals surface area contributed by atoms with Crippen molar-refractivity contribution in [2.24, 2.45) is 5.41 Å². The predicted octanol–water partition coefficient (Wildman–Crippen LogP) is 4.73. The minimum atomic E-state index is -4.99. The number of halogens is 4. The largest absolute Gasteiger partial charge is 0.418 e. The second kappa shape index (κ2) is 8.16. The Hall–Kier alpha value is -2.78. The zero-order valence-electron chi connectivity index (χ0n) is 19.1. The normalized spacial score (nSPS) is 20.7. The van der Waals surface area contributed by atoms with Gasteiger partial charge in [0.05, 0.1) is 25.3 Å². The molecular formula is C25H26F4N2O3. The minimum Gasteiger partial charge on any atom is -0.379 e. The number of ether oxygens (including phenoxy) is 1. The maximum atomic E-state index is 14.4. The third kappa shape index (κ3) is 4.01. The van der Waals surface area contributed by atoms with Crippen LogP contribution in [0.5, 0.6) is 0 Å². The lowest BCUT2D eigenvalue weighted by atomic mass is 9.58. The first-order valence-corrected chi connectivity index (χ1v) is 10.9. The number of aliphatic hydroxyl groups is 1. The van der Waals surface area contributed by atoms with Crippen molar-refractivity contribution in [3.05, 3.63) is 76.0 Å². The highest BCUT2D eigenvalue weighted by Crippen LogP contribution is 2.52. The van der Waals surface area contributed by atoms with Crippen LogP contribution in [-0.2, 0) is 23.3 Å². The molecule has 1 aliphatic rings. The number of rotatable bonds is 5. The average molecular weight is 478 g/mol. The molecule has 2 aromatic heterocycles. The van der Waals surface area contributed by atoms with Gasteiger partial charge in [0, 0.05) is 23.9 Å². The second-order valence-corrected chi connectivity index (χ2v) is 9.90. The van der Waals surface area contributed by atoms with Gasteiger partial charge in [-0.1, -0.05) is 26.8 Å². The lowest BCUT2D eigenvalue weighted by Crippen LogP contribution is -2.56. The van der Waals surface area contributed by atoms with Gasteiger partial charge < -0.3 is 14.4 Å². The summed E-state index contributed by atoms with van der Waals surface area (Å²) < 4.78 is 64.3. The molecule has 2 atom stereocenters. The molecule has 1 N–H and O–H groups in total. The summed E-state index contributed by atoms with van der Waals surface area (Å²) in [7, 11) is 0. The van der Waals surface area contributed by atoms with Crippen molar-refractivity contribution < 1.29 is 27.4 Å². The average Bonchev–Trinajstić information content (AvgIpc) is 2.75. The van der Waals surface area contributed by atoms with Crippen LogP contribution in [0.4, 0.5) is 17.6 Å². The Labute approximate surface area is 194 Å². The topological polar surface area (TPSA) is 64.4 Å². The summed E-state index contributed by atoms with van der Waals surface area (Å²) in [5, 5.41) is 11.2. The summed E-state index contributed by atoms with van der Waals surface area (Å²) in [5.74, 6) is -0.485. The van der Waals surface area contributed by atoms with Crippen molar-refractivity contribution in [2.45, 2.75) is 57.5 Å². The highest BCUT2D eigenvalue weighted by molar-refractivity contribution is 5.73. The van der Waals surface area contributed by atoms with Gasteiger partial charge >= 0.3 is 6.18 Å². The van der Waals surface area contributed by atoms with E-state index in [4.69, 9.17) is 4.74 Å². The zero-order chi connectivity index (χ0) is 24.9. The van der Waals surface area contributed by atoms with E-state index < -0.39 is 46.8 Å². The van der Waals surface area contributed by atoms with Gasteiger partial charge in [0.25, 0.3) is 0 Å². The molecule has 182 valence electrons. The fourth-order valence-electron chi connectivity index (χ4n) is 4.92. The number of hydrogen-bond donors (Lipinski definition) is 1. The Kier molecular flexibility index (Phi) is 5.85. The maximum absolute atomic E-state index is 14.4. The van der Waals surface area contributed by atoms with Gasteiger partial charge in [-0.2, -0.15) is 13.2 Å². The smallest absolute Gasteiger partial charge is 0.379 e. The van der Waals surface area contributed by atoms with E-state index in [1.807, 2.05) is 0 Å². The highest BCUT2D eigenvalue weighted by Gasteiger charge is 2.59. The zero-order valence-corrected chi connectivity index (χ0v) is 19.1. The molecule has 0 fully saturated rings. The van der Waals surface area contributed by atoms with E-state index in [1.54, 1.807) is 26.8 Å². The van der Waals surface area contributed by atoms with Crippen LogP contribution >= 0.6 is 0 Å². The van der Waals surface area contributed by atoms with Gasteiger partial charge in [0.2, 0.25) is 5.43 Å². The molecule has 0 bridgehead atoms. The molecule has 4 rings (SSSR count). The van der Waals surface area contributed by atoms with Crippen molar-refractivity contribution in [3.63, 3.8) is 0 Å². The van der Waals surface area contributed by atoms with Crippen molar-refractivity contribution in [3.8, 4) is 0 Å². The van der Waals surface area contributed by atoms with Crippen LogP contribution in [0.15, 0.2) is 53.6 Å². The lowest BCUT2D eigenvalue weighted by molar-refractivity contribution is -0.277. The molecule has 3 heterocycles. The summed E-state index contributed by atoms with van der Waals surface area (Å²) in [6, 6.07) is 8.34. The number of alkyl halides is 3. The predicted molar refractivity (Wildman–Crippen MR) is 119 cm³/mol. The fraction of sp³-hybridized carbons (Fsp3) is 0.440. The molecule has 3 aromatic rings. The van der Waals surface area contributed by atoms with Crippen LogP contribution in [0.25, 0.3) is 11.0 Å². The van der Waals surface area contributed by atoms with Gasteiger partial charge in [0.1, 0.15) is 11.3 Å². The van der Waals surface area contributed by atoms with Crippen molar-refractivity contribution in [1.82, 2.24) is 9.55 Å². The molecule has 0 spiro atoms. The molecule has 1 aromatic carbocycles. The molecular weight excluding hydrogens is 452 g/mol. The molecule has 9 heteroatoms. The molecule has 0 saturated heterocycles. The van der Waals surface area contributed by atoms with E-state index in [0.29, 0.717) is 11.1 Å². The summed E-state index contributed by atoms with van der Waals surface area (Å²) in [6.45, 7) is 4.46. The molecule has 1 aliphatic heterocycles. The van der Waals surface area contributed by atoms with Gasteiger partial charge in [0.15, 0.2) is 5.60 Å². The quantitative estimate of drug-likeness (QED) is 0.539. The van der Waals surface area contributed by atoms with Crippen LogP contribution < -0.4 is 5.43 Å². The summed E-state index contributed by atoms with van der Waals surface area (Å²) in [4.78, 5) is 16.1. The van der Waals surface area contributed by atoms with Crippen molar-refractivity contribution in [1.29, 1.82) is 0 Å². The molecule has 0 amide bonds. The van der Waals surface area contributed by atoms with Crippen LogP contribution in [-0.4, -0.2) is 33.0 Å². The van der Waals surface area contributed by atoms with Gasteiger partial charge in [-0.25, -0.2) is 4.39 Å². The SMILES string of the molecule is CC(C)(CC(O)(Cn1ccc(=O)c2ncccc21)C(F)(F)F)C1(C)COCc2ccc(F)cc21. The van der Waals surface area contributed by atoms with E-state index in [1.165, 1.54) is 41.2 Å². The molecule has 0 saturated carbocycles. The standard InChI is InChI=1S/C25H26F4N2O3/c1-22(2,23(3)15-34-12-16-6-7-17(26)11-18(16)23)13-24(33,25(27,28)29)14-31-10-8-20(32)21-19(31)5-4-9-30-21/h4-11,33H,12-15H2,1-3H3. The highest BCUT2D eigenvalue weighted by atomic mass is 19.4. The summed E-state index contributed by atoms with van der Waals surface area (Å²) in [6.07, 6.45) is -3.06. The number of pyridine rings is 2. The lowest BCUT2D eigenvalue weighted by Gasteiger charge is -2.50. The van der Waals surface area contributed by atoms with E-state index in [0.717, 1.165) is 6.07 Å². The number of nitrogens with zero attached hydrogens (tertiary/aromatic N) is 2. The Morgan fingerprint density at radius 2 is 1.94 bits per heavy atom. The number of aromatic nitrogens is 2. The minimum absolute atomic E-state index is 0.0193. The maximum Gasteiger partial charge on any atom is 0.418 e. The van der Waals surface area contributed by atoms with E-state index in [-0.39, 0.29) is 24.2 Å². The first kappa shape index (κ1) is 24.3. The van der Waals surface area contributed by atoms with E-state index >= 15 is 0 Å². The van der Waals surface area contributed by atoms with Crippen LogP contribution in [0.2, 0.25) is 0 Å². The monoisotopic (exact) mass is 478 g/mol. The Bertz CT molecular complexity index is 1290. The summed E-state index contributed by atoms with van der Waals surface area (Å²) in [5.41, 5.74) is -4.26. The molecule has 5 nitrogen and oxygen atoms in total. The van der Waals surface area contributed by atoms with Gasteiger partial charge in [-0.3, -0.25) is 9.78 Å². The van der Waals surface area contributed by atoms with Gasteiger partial charge in [-0.05, 0) is 47.2 Å². The number of hydrogen-bond acceptors (Lipinski definition) is 4. The van der Waals surface area contributed by atoms with Crippen LogP contribution in [0.1, 0.15) is 38.3 Å².